The highest BCUT2D eigenvalue weighted by molar-refractivity contribution is 8.00. The van der Waals surface area contributed by atoms with Crippen molar-refractivity contribution in [1.82, 2.24) is 5.32 Å². The van der Waals surface area contributed by atoms with Gasteiger partial charge in [0.25, 0.3) is 0 Å². The number of carbonyl (C=O) groups is 2. The van der Waals surface area contributed by atoms with Gasteiger partial charge in [-0.05, 0) is 18.6 Å². The largest absolute Gasteiger partial charge is 0.351 e. The summed E-state index contributed by atoms with van der Waals surface area (Å²) in [6, 6.07) is -0.762. The van der Waals surface area contributed by atoms with Gasteiger partial charge >= 0.3 is 6.03 Å². The van der Waals surface area contributed by atoms with E-state index in [9.17, 15) is 9.59 Å². The number of amides is 3. The standard InChI is InChI=1S/C6H10N2O2S/c7-6(10)8-5(9)4-2-1-3-11-4/h4H,1-3H2,(H3,7,8,9,10). The Morgan fingerprint density at radius 3 is 2.73 bits per heavy atom. The lowest BCUT2D eigenvalue weighted by Crippen LogP contribution is -2.39. The van der Waals surface area contributed by atoms with Crippen LogP contribution in [0.1, 0.15) is 12.8 Å². The molecule has 0 saturated carbocycles. The number of hydrogen-bond acceptors (Lipinski definition) is 3. The Kier molecular flexibility index (Phi) is 2.76. The van der Waals surface area contributed by atoms with Gasteiger partial charge in [-0.1, -0.05) is 0 Å². The van der Waals surface area contributed by atoms with Crippen molar-refractivity contribution in [2.24, 2.45) is 5.73 Å². The number of rotatable bonds is 1. The van der Waals surface area contributed by atoms with Crippen molar-refractivity contribution in [2.75, 3.05) is 5.75 Å². The zero-order chi connectivity index (χ0) is 8.27. The van der Waals surface area contributed by atoms with E-state index in [-0.39, 0.29) is 11.2 Å². The van der Waals surface area contributed by atoms with Gasteiger partial charge in [0.05, 0.1) is 5.25 Å². The first-order valence-electron chi connectivity index (χ1n) is 3.42. The molecule has 1 rings (SSSR count). The Labute approximate surface area is 68.9 Å². The van der Waals surface area contributed by atoms with Crippen LogP contribution < -0.4 is 11.1 Å². The molecule has 4 nitrogen and oxygen atoms in total. The van der Waals surface area contributed by atoms with E-state index in [0.29, 0.717) is 0 Å². The van der Waals surface area contributed by atoms with Crippen LogP contribution in [0.2, 0.25) is 0 Å². The topological polar surface area (TPSA) is 72.2 Å². The summed E-state index contributed by atoms with van der Waals surface area (Å²) in [5.74, 6) is 0.747. The van der Waals surface area contributed by atoms with Crippen LogP contribution in [0.5, 0.6) is 0 Å². The molecule has 0 aliphatic carbocycles. The van der Waals surface area contributed by atoms with E-state index in [1.807, 2.05) is 0 Å². The fourth-order valence-corrected chi connectivity index (χ4v) is 2.15. The molecule has 1 aliphatic rings. The Bertz CT molecular complexity index is 177. The van der Waals surface area contributed by atoms with Gasteiger partial charge in [-0.15, -0.1) is 11.8 Å². The molecule has 0 aromatic rings. The Morgan fingerprint density at radius 2 is 2.27 bits per heavy atom. The lowest BCUT2D eigenvalue weighted by atomic mass is 10.2. The highest BCUT2D eigenvalue weighted by Gasteiger charge is 2.23. The third-order valence-electron chi connectivity index (χ3n) is 1.47. The Morgan fingerprint density at radius 1 is 1.55 bits per heavy atom. The minimum absolute atomic E-state index is 0.0671. The van der Waals surface area contributed by atoms with E-state index in [0.717, 1.165) is 18.6 Å². The summed E-state index contributed by atoms with van der Waals surface area (Å²) < 4.78 is 0. The summed E-state index contributed by atoms with van der Waals surface area (Å²) >= 11 is 1.57. The van der Waals surface area contributed by atoms with E-state index in [1.165, 1.54) is 0 Å². The minimum Gasteiger partial charge on any atom is -0.351 e. The molecule has 1 atom stereocenters. The number of imide groups is 1. The molecule has 5 heteroatoms. The van der Waals surface area contributed by atoms with E-state index in [4.69, 9.17) is 5.73 Å². The second-order valence-corrected chi connectivity index (χ2v) is 3.67. The van der Waals surface area contributed by atoms with Crippen molar-refractivity contribution < 1.29 is 9.59 Å². The van der Waals surface area contributed by atoms with E-state index in [2.05, 4.69) is 5.32 Å². The van der Waals surface area contributed by atoms with Crippen molar-refractivity contribution >= 4 is 23.7 Å². The first-order valence-corrected chi connectivity index (χ1v) is 4.47. The maximum Gasteiger partial charge on any atom is 0.318 e. The lowest BCUT2D eigenvalue weighted by Gasteiger charge is -2.05. The zero-order valence-electron chi connectivity index (χ0n) is 6.00. The minimum atomic E-state index is -0.762. The van der Waals surface area contributed by atoms with Gasteiger partial charge in [0.2, 0.25) is 5.91 Å². The number of nitrogens with two attached hydrogens (primary N) is 1. The average Bonchev–Trinajstić information content (AvgIpc) is 2.35. The molecule has 0 aromatic heterocycles. The smallest absolute Gasteiger partial charge is 0.318 e. The second kappa shape index (κ2) is 3.61. The molecule has 62 valence electrons. The molecular weight excluding hydrogens is 164 g/mol. The van der Waals surface area contributed by atoms with E-state index in [1.54, 1.807) is 11.8 Å². The van der Waals surface area contributed by atoms with Crippen LogP contribution >= 0.6 is 11.8 Å². The molecule has 1 saturated heterocycles. The average molecular weight is 174 g/mol. The fourth-order valence-electron chi connectivity index (χ4n) is 0.986. The second-order valence-electron chi connectivity index (χ2n) is 2.36. The van der Waals surface area contributed by atoms with Crippen LogP contribution in [0.4, 0.5) is 4.79 Å². The molecule has 3 amide bonds. The highest BCUT2D eigenvalue weighted by atomic mass is 32.2. The summed E-state index contributed by atoms with van der Waals surface area (Å²) in [7, 11) is 0. The van der Waals surface area contributed by atoms with Crippen LogP contribution in [0.25, 0.3) is 0 Å². The van der Waals surface area contributed by atoms with E-state index < -0.39 is 6.03 Å². The van der Waals surface area contributed by atoms with Crippen LogP contribution in [-0.2, 0) is 4.79 Å². The van der Waals surface area contributed by atoms with Crippen LogP contribution in [-0.4, -0.2) is 22.9 Å². The molecule has 0 radical (unpaired) electrons. The van der Waals surface area contributed by atoms with Crippen LogP contribution in [0.3, 0.4) is 0 Å². The fraction of sp³-hybridized carbons (Fsp3) is 0.667. The van der Waals surface area contributed by atoms with Crippen molar-refractivity contribution in [3.8, 4) is 0 Å². The van der Waals surface area contributed by atoms with Gasteiger partial charge in [-0.25, -0.2) is 4.79 Å². The number of urea groups is 1. The molecule has 0 aromatic carbocycles. The van der Waals surface area contributed by atoms with Gasteiger partial charge < -0.3 is 5.73 Å². The van der Waals surface area contributed by atoms with Gasteiger partial charge in [0.1, 0.15) is 0 Å². The third kappa shape index (κ3) is 2.42. The van der Waals surface area contributed by atoms with Crippen molar-refractivity contribution in [2.45, 2.75) is 18.1 Å². The first-order chi connectivity index (χ1) is 5.20. The molecule has 1 heterocycles. The Hall–Kier alpha value is -0.710. The summed E-state index contributed by atoms with van der Waals surface area (Å²) in [4.78, 5) is 21.3. The number of nitrogens with one attached hydrogen (secondary N) is 1. The van der Waals surface area contributed by atoms with Crippen molar-refractivity contribution in [3.05, 3.63) is 0 Å². The molecule has 1 fully saturated rings. The van der Waals surface area contributed by atoms with Crippen molar-refractivity contribution in [1.29, 1.82) is 0 Å². The third-order valence-corrected chi connectivity index (χ3v) is 2.85. The maximum absolute atomic E-state index is 11.0. The van der Waals surface area contributed by atoms with E-state index >= 15 is 0 Å². The normalized spacial score (nSPS) is 23.1. The van der Waals surface area contributed by atoms with Gasteiger partial charge in [-0.3, -0.25) is 10.1 Å². The summed E-state index contributed by atoms with van der Waals surface area (Å²) in [6.45, 7) is 0. The highest BCUT2D eigenvalue weighted by Crippen LogP contribution is 2.25. The maximum atomic E-state index is 11.0. The van der Waals surface area contributed by atoms with Gasteiger partial charge in [-0.2, -0.15) is 0 Å². The Balaban J connectivity index is 2.34. The predicted molar refractivity (Wildman–Crippen MR) is 43.2 cm³/mol. The molecule has 11 heavy (non-hydrogen) atoms. The SMILES string of the molecule is NC(=O)NC(=O)C1CCCS1. The number of carbonyl (C=O) groups excluding carboxylic acids is 2. The zero-order valence-corrected chi connectivity index (χ0v) is 6.82. The molecule has 1 aliphatic heterocycles. The van der Waals surface area contributed by atoms with Gasteiger partial charge in [0, 0.05) is 0 Å². The molecule has 0 bridgehead atoms. The van der Waals surface area contributed by atoms with Crippen LogP contribution in [0.15, 0.2) is 0 Å². The molecule has 1 unspecified atom stereocenters. The number of hydrogen-bond donors (Lipinski definition) is 2. The lowest BCUT2D eigenvalue weighted by molar-refractivity contribution is -0.119. The van der Waals surface area contributed by atoms with Gasteiger partial charge in [0.15, 0.2) is 0 Å². The first kappa shape index (κ1) is 8.39. The van der Waals surface area contributed by atoms with Crippen molar-refractivity contribution in [3.63, 3.8) is 0 Å². The monoisotopic (exact) mass is 174 g/mol. The summed E-state index contributed by atoms with van der Waals surface area (Å²) in [6.07, 6.45) is 1.89. The predicted octanol–water partition coefficient (Wildman–Crippen LogP) is 0.0769. The summed E-state index contributed by atoms with van der Waals surface area (Å²) in [5.41, 5.74) is 4.78. The molecule has 3 N–H and O–H groups in total. The molecule has 0 spiro atoms. The quantitative estimate of drug-likeness (QED) is 0.591. The number of thioether (sulfide) groups is 1. The number of primary amides is 1. The molecular formula is C6H10N2O2S. The van der Waals surface area contributed by atoms with Crippen LogP contribution in [0, 0.1) is 0 Å². The summed E-state index contributed by atoms with van der Waals surface area (Å²) in [5, 5.41) is 2.00.